The average molecular weight is 883 g/mol. The molecule has 15 rings (SSSR count). The lowest BCUT2D eigenvalue weighted by Gasteiger charge is -2.33. The fourth-order valence-corrected chi connectivity index (χ4v) is 12.4. The molecule has 324 valence electrons. The van der Waals surface area contributed by atoms with E-state index in [1.54, 1.807) is 0 Å². The summed E-state index contributed by atoms with van der Waals surface area (Å²) in [7, 11) is 0. The Labute approximate surface area is 397 Å². The summed E-state index contributed by atoms with van der Waals surface area (Å²) >= 11 is 0. The molecule has 1 aliphatic carbocycles. The zero-order chi connectivity index (χ0) is 45.7. The fourth-order valence-electron chi connectivity index (χ4n) is 12.4. The van der Waals surface area contributed by atoms with Crippen molar-refractivity contribution < 1.29 is 0 Å². The molecule has 0 bridgehead atoms. The standard InChI is InChI=1S/C64H42N4O/c1-64(2)49-28-15-14-27-46(49)57-50(64)29-16-30-51(57)65-52-31-17-32-53-60(52)68-61-54(33-18-34-55(61)67-59-44(35-36-56(65)62(59)68)43-25-12-13-26-45(43)63(67)69)66(53)58-47(40-21-8-4-9-22-40)37-42(39-19-6-3-7-20-39)38-48(58)41-23-10-5-11-24-41/h3-38H,1-2H3. The van der Waals surface area contributed by atoms with Gasteiger partial charge in [0, 0.05) is 32.9 Å². The number of nitrogens with zero attached hydrogens (tertiary/aromatic N) is 4. The van der Waals surface area contributed by atoms with Crippen molar-refractivity contribution >= 4 is 60.3 Å². The first-order chi connectivity index (χ1) is 34.0. The van der Waals surface area contributed by atoms with Gasteiger partial charge in [0.05, 0.1) is 61.2 Å². The second-order valence-electron chi connectivity index (χ2n) is 19.2. The number of hydrogen-bond acceptors (Lipinski definition) is 1. The number of fused-ring (bicyclic) bond motifs is 6. The molecule has 2 aliphatic heterocycles. The Kier molecular flexibility index (Phi) is 7.65. The van der Waals surface area contributed by atoms with Gasteiger partial charge in [0.15, 0.2) is 0 Å². The molecular formula is C64H42N4O. The van der Waals surface area contributed by atoms with E-state index in [9.17, 15) is 0 Å². The van der Waals surface area contributed by atoms with E-state index in [-0.39, 0.29) is 11.0 Å². The third kappa shape index (κ3) is 5.00. The summed E-state index contributed by atoms with van der Waals surface area (Å²) in [5.74, 6) is 0. The highest BCUT2D eigenvalue weighted by Crippen LogP contribution is 2.53. The number of benzene rings is 10. The molecule has 0 saturated heterocycles. The molecule has 0 N–H and O–H groups in total. The van der Waals surface area contributed by atoms with Crippen LogP contribution in [0, 0.1) is 0 Å². The molecule has 5 nitrogen and oxygen atoms in total. The quantitative estimate of drug-likeness (QED) is 0.125. The molecule has 12 aromatic rings. The van der Waals surface area contributed by atoms with Crippen LogP contribution in [0.1, 0.15) is 25.0 Å². The maximum Gasteiger partial charge on any atom is 0.263 e. The summed E-state index contributed by atoms with van der Waals surface area (Å²) in [5, 5.41) is 2.70. The van der Waals surface area contributed by atoms with Gasteiger partial charge < -0.3 is 9.13 Å². The van der Waals surface area contributed by atoms with Crippen LogP contribution in [0.2, 0.25) is 0 Å². The second kappa shape index (κ2) is 13.8. The SMILES string of the molecule is CC1(C)c2ccccc2-c2c(-n3c4cccc5c4n4c6c3ccc3c7ccccc7c(=O)n(c7cccc(c7-4)n5-c4c(-c5ccccc5)cc(-c5ccccc5)cc4-c4ccccc4)c36)cccc21. The van der Waals surface area contributed by atoms with Crippen molar-refractivity contribution in [2.75, 3.05) is 0 Å². The van der Waals surface area contributed by atoms with Crippen molar-refractivity contribution in [1.29, 1.82) is 0 Å². The van der Waals surface area contributed by atoms with Crippen molar-refractivity contribution in [3.8, 4) is 61.6 Å². The molecule has 0 saturated carbocycles. The Balaban J connectivity index is 1.21. The van der Waals surface area contributed by atoms with E-state index >= 15 is 4.79 Å². The summed E-state index contributed by atoms with van der Waals surface area (Å²) < 4.78 is 9.51. The average Bonchev–Trinajstić information content (AvgIpc) is 3.65. The van der Waals surface area contributed by atoms with Crippen LogP contribution < -0.4 is 5.56 Å². The van der Waals surface area contributed by atoms with Gasteiger partial charge in [-0.3, -0.25) is 13.8 Å². The maximum absolute atomic E-state index is 15.5. The zero-order valence-electron chi connectivity index (χ0n) is 38.0. The first-order valence-electron chi connectivity index (χ1n) is 23.8. The summed E-state index contributed by atoms with van der Waals surface area (Å²) in [6, 6.07) is 78.8. The highest BCUT2D eigenvalue weighted by Gasteiger charge is 2.38. The molecule has 0 atom stereocenters. The minimum Gasteiger partial charge on any atom is -0.305 e. The highest BCUT2D eigenvalue weighted by molar-refractivity contribution is 6.20. The number of aromatic nitrogens is 4. The van der Waals surface area contributed by atoms with Crippen LogP contribution in [0.5, 0.6) is 0 Å². The smallest absolute Gasteiger partial charge is 0.263 e. The molecule has 3 aliphatic rings. The van der Waals surface area contributed by atoms with Crippen molar-refractivity contribution in [3.63, 3.8) is 0 Å². The van der Waals surface area contributed by atoms with E-state index in [0.717, 1.165) is 105 Å². The summed E-state index contributed by atoms with van der Waals surface area (Å²) in [6.07, 6.45) is 0. The maximum atomic E-state index is 15.5. The van der Waals surface area contributed by atoms with Crippen LogP contribution >= 0.6 is 0 Å². The predicted octanol–water partition coefficient (Wildman–Crippen LogP) is 15.6. The van der Waals surface area contributed by atoms with Crippen molar-refractivity contribution in [2.24, 2.45) is 0 Å². The summed E-state index contributed by atoms with van der Waals surface area (Å²) in [5.41, 5.74) is 22.8. The topological polar surface area (TPSA) is 36.3 Å². The van der Waals surface area contributed by atoms with Crippen LogP contribution in [-0.2, 0) is 5.41 Å². The minimum atomic E-state index is -0.199. The minimum absolute atomic E-state index is 0.0271. The Morgan fingerprint density at radius 3 is 1.61 bits per heavy atom. The summed E-state index contributed by atoms with van der Waals surface area (Å²) in [6.45, 7) is 4.70. The van der Waals surface area contributed by atoms with E-state index < -0.39 is 0 Å². The Morgan fingerprint density at radius 1 is 0.348 bits per heavy atom. The van der Waals surface area contributed by atoms with Gasteiger partial charge in [0.25, 0.3) is 5.56 Å². The van der Waals surface area contributed by atoms with E-state index in [1.807, 2.05) is 22.6 Å². The van der Waals surface area contributed by atoms with Gasteiger partial charge in [-0.15, -0.1) is 0 Å². The van der Waals surface area contributed by atoms with Crippen LogP contribution in [0.3, 0.4) is 0 Å². The Hall–Kier alpha value is -8.93. The van der Waals surface area contributed by atoms with E-state index in [1.165, 1.54) is 22.3 Å². The second-order valence-corrected chi connectivity index (χ2v) is 19.2. The number of hydrogen-bond donors (Lipinski definition) is 0. The molecule has 2 aromatic heterocycles. The summed E-state index contributed by atoms with van der Waals surface area (Å²) in [4.78, 5) is 15.5. The largest absolute Gasteiger partial charge is 0.305 e. The number of rotatable bonds is 5. The fraction of sp³-hybridized carbons (Fsp3) is 0.0469. The molecule has 0 radical (unpaired) electrons. The van der Waals surface area contributed by atoms with Gasteiger partial charge in [-0.2, -0.15) is 0 Å². The Bertz CT molecular complexity index is 4390. The van der Waals surface area contributed by atoms with Gasteiger partial charge in [-0.05, 0) is 105 Å². The van der Waals surface area contributed by atoms with E-state index in [0.29, 0.717) is 5.39 Å². The predicted molar refractivity (Wildman–Crippen MR) is 285 cm³/mol. The third-order valence-electron chi connectivity index (χ3n) is 15.3. The number of pyridine rings is 1. The van der Waals surface area contributed by atoms with Crippen LogP contribution in [-0.4, -0.2) is 18.1 Å². The molecule has 10 aromatic carbocycles. The molecular weight excluding hydrogens is 841 g/mol. The highest BCUT2D eigenvalue weighted by atomic mass is 16.1. The lowest BCUT2D eigenvalue weighted by atomic mass is 9.82. The van der Waals surface area contributed by atoms with Crippen molar-refractivity contribution in [2.45, 2.75) is 19.3 Å². The molecule has 0 spiro atoms. The van der Waals surface area contributed by atoms with Gasteiger partial charge in [-0.25, -0.2) is 0 Å². The van der Waals surface area contributed by atoms with Crippen LogP contribution in [0.15, 0.2) is 223 Å². The van der Waals surface area contributed by atoms with E-state index in [4.69, 9.17) is 0 Å². The monoisotopic (exact) mass is 882 g/mol. The van der Waals surface area contributed by atoms with E-state index in [2.05, 4.69) is 228 Å². The molecule has 5 heteroatoms. The molecule has 69 heavy (non-hydrogen) atoms. The first-order valence-corrected chi connectivity index (χ1v) is 23.8. The lowest BCUT2D eigenvalue weighted by Crippen LogP contribution is -2.23. The van der Waals surface area contributed by atoms with Crippen LogP contribution in [0.25, 0.3) is 122 Å². The van der Waals surface area contributed by atoms with Gasteiger partial charge in [0.1, 0.15) is 0 Å². The lowest BCUT2D eigenvalue weighted by molar-refractivity contribution is 0.660. The molecule has 0 fully saturated rings. The zero-order valence-corrected chi connectivity index (χ0v) is 38.0. The Morgan fingerprint density at radius 2 is 0.899 bits per heavy atom. The molecule has 0 unspecified atom stereocenters. The van der Waals surface area contributed by atoms with Crippen molar-refractivity contribution in [3.05, 3.63) is 240 Å². The van der Waals surface area contributed by atoms with Gasteiger partial charge >= 0.3 is 0 Å². The van der Waals surface area contributed by atoms with Crippen LogP contribution in [0.4, 0.5) is 0 Å². The van der Waals surface area contributed by atoms with Crippen molar-refractivity contribution in [1.82, 2.24) is 18.1 Å². The van der Waals surface area contributed by atoms with Gasteiger partial charge in [-0.1, -0.05) is 172 Å². The first kappa shape index (κ1) is 38.2. The third-order valence-corrected chi connectivity index (χ3v) is 15.3. The number of para-hydroxylation sites is 2. The molecule has 4 heterocycles. The van der Waals surface area contributed by atoms with Gasteiger partial charge in [0.2, 0.25) is 0 Å². The normalized spacial score (nSPS) is 13.2. The molecule has 0 amide bonds.